The van der Waals surface area contributed by atoms with Gasteiger partial charge in [-0.3, -0.25) is 0 Å². The number of carbonyl (C=O) groups is 1. The summed E-state index contributed by atoms with van der Waals surface area (Å²) in [6.07, 6.45) is 1.10. The van der Waals surface area contributed by atoms with E-state index >= 15 is 0 Å². The van der Waals surface area contributed by atoms with E-state index in [0.29, 0.717) is 44.0 Å². The van der Waals surface area contributed by atoms with Crippen molar-refractivity contribution in [2.75, 3.05) is 37.4 Å². The van der Waals surface area contributed by atoms with Gasteiger partial charge in [-0.1, -0.05) is 0 Å². The van der Waals surface area contributed by atoms with Gasteiger partial charge in [0.2, 0.25) is 0 Å². The van der Waals surface area contributed by atoms with Gasteiger partial charge >= 0.3 is 5.97 Å². The second kappa shape index (κ2) is 5.68. The maximum Gasteiger partial charge on any atom is 0.337 e. The minimum atomic E-state index is -1.03. The zero-order valence-corrected chi connectivity index (χ0v) is 11.5. The number of rotatable bonds is 4. The molecular weight excluding hydrogens is 260 g/mol. The molecule has 0 spiro atoms. The molecule has 1 aromatic rings. The molecule has 0 aliphatic carbocycles. The van der Waals surface area contributed by atoms with Crippen LogP contribution in [0.15, 0.2) is 18.2 Å². The Bertz CT molecular complexity index is 498. The molecule has 1 aliphatic heterocycles. The molecule has 110 valence electrons. The summed E-state index contributed by atoms with van der Waals surface area (Å²) in [5.41, 5.74) is 5.88. The first-order valence-electron chi connectivity index (χ1n) is 6.55. The third kappa shape index (κ3) is 3.20. The van der Waals surface area contributed by atoms with Crippen molar-refractivity contribution >= 4 is 17.3 Å². The van der Waals surface area contributed by atoms with E-state index in [4.69, 9.17) is 10.5 Å². The number of aliphatic hydroxyl groups is 1. The van der Waals surface area contributed by atoms with Crippen molar-refractivity contribution in [1.82, 2.24) is 0 Å². The van der Waals surface area contributed by atoms with Gasteiger partial charge in [0.15, 0.2) is 0 Å². The topological polar surface area (TPSA) is 96.0 Å². The number of aromatic carboxylic acids is 1. The molecule has 1 heterocycles. The predicted octanol–water partition coefficient (Wildman–Crippen LogP) is 0.945. The van der Waals surface area contributed by atoms with Gasteiger partial charge in [-0.25, -0.2) is 4.79 Å². The van der Waals surface area contributed by atoms with Crippen LogP contribution in [0.2, 0.25) is 0 Å². The molecule has 0 aromatic heterocycles. The van der Waals surface area contributed by atoms with E-state index in [1.807, 2.05) is 0 Å². The number of anilines is 2. The third-order valence-corrected chi connectivity index (χ3v) is 3.62. The summed E-state index contributed by atoms with van der Waals surface area (Å²) in [4.78, 5) is 13.0. The number of benzene rings is 1. The maximum atomic E-state index is 11.3. The molecule has 0 amide bonds. The van der Waals surface area contributed by atoms with E-state index in [0.717, 1.165) is 0 Å². The van der Waals surface area contributed by atoms with Crippen molar-refractivity contribution in [1.29, 1.82) is 0 Å². The molecule has 0 radical (unpaired) electrons. The first kappa shape index (κ1) is 14.6. The molecular formula is C14H20N2O4. The number of hydrogen-bond donors (Lipinski definition) is 3. The molecule has 1 aliphatic rings. The Morgan fingerprint density at radius 2 is 2.10 bits per heavy atom. The first-order chi connectivity index (χ1) is 9.41. The Morgan fingerprint density at radius 1 is 1.45 bits per heavy atom. The van der Waals surface area contributed by atoms with Gasteiger partial charge < -0.3 is 25.6 Å². The van der Waals surface area contributed by atoms with E-state index in [2.05, 4.69) is 0 Å². The van der Waals surface area contributed by atoms with Crippen LogP contribution in [0.5, 0.6) is 0 Å². The molecule has 2 rings (SSSR count). The third-order valence-electron chi connectivity index (χ3n) is 3.62. The second-order valence-corrected chi connectivity index (χ2v) is 5.27. The number of nitrogens with two attached hydrogens (primary N) is 1. The lowest BCUT2D eigenvalue weighted by molar-refractivity contribution is -0.0572. The highest BCUT2D eigenvalue weighted by molar-refractivity contribution is 5.95. The van der Waals surface area contributed by atoms with Gasteiger partial charge in [0.25, 0.3) is 0 Å². The molecule has 1 fully saturated rings. The van der Waals surface area contributed by atoms with Crippen LogP contribution < -0.4 is 10.6 Å². The van der Waals surface area contributed by atoms with Crippen molar-refractivity contribution in [3.05, 3.63) is 23.8 Å². The van der Waals surface area contributed by atoms with Gasteiger partial charge in [-0.15, -0.1) is 0 Å². The van der Waals surface area contributed by atoms with Crippen LogP contribution in [-0.2, 0) is 4.74 Å². The number of likely N-dealkylation sites (N-methyl/N-ethyl adjacent to an activating group) is 1. The van der Waals surface area contributed by atoms with Gasteiger partial charge in [0.05, 0.1) is 16.9 Å². The fraction of sp³-hybridized carbons (Fsp3) is 0.500. The fourth-order valence-corrected chi connectivity index (χ4v) is 2.49. The summed E-state index contributed by atoms with van der Waals surface area (Å²) in [7, 11) is 1.77. The number of nitrogen functional groups attached to an aromatic ring is 1. The van der Waals surface area contributed by atoms with Crippen LogP contribution in [0.25, 0.3) is 0 Å². The summed E-state index contributed by atoms with van der Waals surface area (Å²) in [6, 6.07) is 4.76. The van der Waals surface area contributed by atoms with Crippen LogP contribution in [0.1, 0.15) is 23.2 Å². The molecule has 6 heteroatoms. The highest BCUT2D eigenvalue weighted by Gasteiger charge is 2.32. The molecule has 0 atom stereocenters. The lowest BCUT2D eigenvalue weighted by Gasteiger charge is -2.36. The van der Waals surface area contributed by atoms with E-state index in [1.54, 1.807) is 24.1 Å². The van der Waals surface area contributed by atoms with Crippen molar-refractivity contribution in [2.24, 2.45) is 0 Å². The summed E-state index contributed by atoms with van der Waals surface area (Å²) in [6.45, 7) is 1.41. The predicted molar refractivity (Wildman–Crippen MR) is 76.1 cm³/mol. The molecule has 1 saturated heterocycles. The highest BCUT2D eigenvalue weighted by atomic mass is 16.5. The summed E-state index contributed by atoms with van der Waals surface area (Å²) >= 11 is 0. The van der Waals surface area contributed by atoms with E-state index < -0.39 is 11.6 Å². The molecule has 0 saturated carbocycles. The average Bonchev–Trinajstić information content (AvgIpc) is 2.38. The SMILES string of the molecule is CN(CC1(O)CCOCC1)c1ccc(N)cc1C(=O)O. The maximum absolute atomic E-state index is 11.3. The fourth-order valence-electron chi connectivity index (χ4n) is 2.49. The highest BCUT2D eigenvalue weighted by Crippen LogP contribution is 2.27. The summed E-state index contributed by atoms with van der Waals surface area (Å²) < 4.78 is 5.24. The van der Waals surface area contributed by atoms with Crippen LogP contribution in [0, 0.1) is 0 Å². The smallest absolute Gasteiger partial charge is 0.337 e. The quantitative estimate of drug-likeness (QED) is 0.710. The van der Waals surface area contributed by atoms with Crippen LogP contribution in [0.4, 0.5) is 11.4 Å². The second-order valence-electron chi connectivity index (χ2n) is 5.27. The van der Waals surface area contributed by atoms with Crippen molar-refractivity contribution in [2.45, 2.75) is 18.4 Å². The monoisotopic (exact) mass is 280 g/mol. The van der Waals surface area contributed by atoms with Gasteiger partial charge in [-0.05, 0) is 18.2 Å². The Kier molecular flexibility index (Phi) is 4.15. The number of nitrogens with zero attached hydrogens (tertiary/aromatic N) is 1. The van der Waals surface area contributed by atoms with Gasteiger partial charge in [0, 0.05) is 45.3 Å². The Morgan fingerprint density at radius 3 is 2.70 bits per heavy atom. The van der Waals surface area contributed by atoms with Crippen LogP contribution in [-0.4, -0.2) is 48.6 Å². The largest absolute Gasteiger partial charge is 0.478 e. The van der Waals surface area contributed by atoms with Gasteiger partial charge in [0.1, 0.15) is 0 Å². The van der Waals surface area contributed by atoms with Crippen molar-refractivity contribution in [3.8, 4) is 0 Å². The first-order valence-corrected chi connectivity index (χ1v) is 6.55. The number of carboxylic acids is 1. The molecule has 0 unspecified atom stereocenters. The summed E-state index contributed by atoms with van der Waals surface area (Å²) in [5, 5.41) is 19.7. The molecule has 0 bridgehead atoms. The molecule has 4 N–H and O–H groups in total. The van der Waals surface area contributed by atoms with Crippen LogP contribution >= 0.6 is 0 Å². The molecule has 1 aromatic carbocycles. The molecule has 6 nitrogen and oxygen atoms in total. The Balaban J connectivity index is 2.20. The zero-order valence-electron chi connectivity index (χ0n) is 11.5. The Hall–Kier alpha value is -1.79. The minimum Gasteiger partial charge on any atom is -0.478 e. The van der Waals surface area contributed by atoms with Crippen molar-refractivity contribution in [3.63, 3.8) is 0 Å². The minimum absolute atomic E-state index is 0.142. The van der Waals surface area contributed by atoms with Gasteiger partial charge in [-0.2, -0.15) is 0 Å². The summed E-state index contributed by atoms with van der Waals surface area (Å²) in [5.74, 6) is -1.03. The lowest BCUT2D eigenvalue weighted by atomic mass is 9.93. The van der Waals surface area contributed by atoms with Crippen molar-refractivity contribution < 1.29 is 19.7 Å². The van der Waals surface area contributed by atoms with Crippen LogP contribution in [0.3, 0.4) is 0 Å². The number of ether oxygens (including phenoxy) is 1. The molecule has 20 heavy (non-hydrogen) atoms. The lowest BCUT2D eigenvalue weighted by Crippen LogP contribution is -2.46. The normalized spacial score (nSPS) is 17.7. The van der Waals surface area contributed by atoms with E-state index in [-0.39, 0.29) is 5.56 Å². The Labute approximate surface area is 117 Å². The number of hydrogen-bond acceptors (Lipinski definition) is 5. The van der Waals surface area contributed by atoms with E-state index in [9.17, 15) is 15.0 Å². The zero-order chi connectivity index (χ0) is 14.8. The standard InChI is InChI=1S/C14H20N2O4/c1-16(9-14(19)4-6-20-7-5-14)12-3-2-10(15)8-11(12)13(17)18/h2-3,8,19H,4-7,9,15H2,1H3,(H,17,18). The number of carboxylic acid groups (broad SMARTS) is 1. The van der Waals surface area contributed by atoms with E-state index in [1.165, 1.54) is 6.07 Å². The average molecular weight is 280 g/mol.